The number of hydrogen-bond donors (Lipinski definition) is 2. The summed E-state index contributed by atoms with van der Waals surface area (Å²) in [5.41, 5.74) is 1.31. The minimum absolute atomic E-state index is 0.0343. The number of hydrogen-bond acceptors (Lipinski definition) is 7. The summed E-state index contributed by atoms with van der Waals surface area (Å²) in [7, 11) is 0. The molecule has 0 fully saturated rings. The van der Waals surface area contributed by atoms with Crippen molar-refractivity contribution < 1.29 is 13.9 Å². The largest absolute Gasteiger partial charge is 0.373 e. The Morgan fingerprint density at radius 1 is 1.18 bits per heavy atom. The fraction of sp³-hybridized carbons (Fsp3) is 0.211. The number of aliphatic hydroxyl groups is 1. The maximum atomic E-state index is 13.4. The minimum atomic E-state index is -1.08. The van der Waals surface area contributed by atoms with Gasteiger partial charge in [-0.25, -0.2) is 9.88 Å². The van der Waals surface area contributed by atoms with Crippen LogP contribution in [0.5, 0.6) is 0 Å². The highest BCUT2D eigenvalue weighted by Gasteiger charge is 2.22. The van der Waals surface area contributed by atoms with Gasteiger partial charge < -0.3 is 5.11 Å². The summed E-state index contributed by atoms with van der Waals surface area (Å²) in [5, 5.41) is 23.2. The summed E-state index contributed by atoms with van der Waals surface area (Å²) in [5.74, 6) is -2.08. The van der Waals surface area contributed by atoms with E-state index in [4.69, 9.17) is 0 Å². The predicted octanol–water partition coefficient (Wildman–Crippen LogP) is 4.09. The van der Waals surface area contributed by atoms with Crippen molar-refractivity contribution in [2.75, 3.05) is 4.90 Å². The molecule has 9 heteroatoms. The highest BCUT2D eigenvalue weighted by molar-refractivity contribution is 7.15. The van der Waals surface area contributed by atoms with E-state index in [0.717, 1.165) is 33.9 Å². The molecule has 3 rings (SSSR count). The van der Waals surface area contributed by atoms with Gasteiger partial charge in [0.25, 0.3) is 0 Å². The molecule has 2 unspecified atom stereocenters. The predicted molar refractivity (Wildman–Crippen MR) is 102 cm³/mol. The molecule has 144 valence electrons. The van der Waals surface area contributed by atoms with Crippen LogP contribution in [0.25, 0.3) is 0 Å². The second-order valence-corrected chi connectivity index (χ2v) is 7.23. The van der Waals surface area contributed by atoms with Gasteiger partial charge >= 0.3 is 0 Å². The van der Waals surface area contributed by atoms with E-state index in [1.54, 1.807) is 6.92 Å². The number of aromatic nitrogens is 2. The van der Waals surface area contributed by atoms with Gasteiger partial charge in [0.05, 0.1) is 11.4 Å². The fourth-order valence-electron chi connectivity index (χ4n) is 2.69. The lowest BCUT2D eigenvalue weighted by atomic mass is 10.1. The van der Waals surface area contributed by atoms with E-state index in [-0.39, 0.29) is 16.9 Å². The van der Waals surface area contributed by atoms with Crippen molar-refractivity contribution in [2.24, 2.45) is 0 Å². The van der Waals surface area contributed by atoms with Gasteiger partial charge in [-0.3, -0.25) is 5.32 Å². The molecule has 2 aromatic heterocycles. The van der Waals surface area contributed by atoms with E-state index in [9.17, 15) is 19.1 Å². The third-order valence-corrected chi connectivity index (χ3v) is 5.06. The summed E-state index contributed by atoms with van der Waals surface area (Å²) in [4.78, 5) is 8.99. The van der Waals surface area contributed by atoms with Crippen LogP contribution in [0.15, 0.2) is 42.5 Å². The van der Waals surface area contributed by atoms with Gasteiger partial charge in [0.1, 0.15) is 6.23 Å². The highest BCUT2D eigenvalue weighted by Crippen LogP contribution is 2.33. The zero-order chi connectivity index (χ0) is 20.3. The number of halogens is 2. The lowest BCUT2D eigenvalue weighted by Gasteiger charge is -2.18. The van der Waals surface area contributed by atoms with Crippen LogP contribution >= 0.6 is 11.3 Å². The molecular weight excluding hydrogens is 384 g/mol. The Kier molecular flexibility index (Phi) is 5.94. The zero-order valence-corrected chi connectivity index (χ0v) is 15.9. The topological polar surface area (TPSA) is 85.1 Å². The highest BCUT2D eigenvalue weighted by atomic mass is 32.1. The summed E-state index contributed by atoms with van der Waals surface area (Å²) >= 11 is 1.13. The molecule has 28 heavy (non-hydrogen) atoms. The monoisotopic (exact) mass is 401 g/mol. The minimum Gasteiger partial charge on any atom is -0.373 e. The Balaban J connectivity index is 1.84. The van der Waals surface area contributed by atoms with Gasteiger partial charge in [-0.05, 0) is 19.4 Å². The fourth-order valence-corrected chi connectivity index (χ4v) is 3.61. The van der Waals surface area contributed by atoms with Crippen LogP contribution < -0.4 is 10.2 Å². The molecular formula is C19H17F2N5OS. The van der Waals surface area contributed by atoms with E-state index in [1.807, 2.05) is 43.4 Å². The first-order valence-electron chi connectivity index (χ1n) is 8.38. The summed E-state index contributed by atoms with van der Waals surface area (Å²) in [6.07, 6.45) is 0.776. The molecule has 2 atom stereocenters. The molecule has 0 spiro atoms. The second-order valence-electron chi connectivity index (χ2n) is 6.05. The Morgan fingerprint density at radius 2 is 1.82 bits per heavy atom. The molecule has 0 amide bonds. The Labute approximate surface area is 164 Å². The molecule has 0 aliphatic rings. The Bertz CT molecular complexity index is 985. The van der Waals surface area contributed by atoms with Gasteiger partial charge in [0.2, 0.25) is 17.0 Å². The molecule has 0 bridgehead atoms. The standard InChI is InChI=1S/C19H17F2N5OS/c1-11(13-6-4-3-5-7-13)23-18(27)17-12(2)28-19(25-17)26(10-22)14-8-15(20)24-16(21)9-14/h3-9,11,18,23,27H,1-2H3. The van der Waals surface area contributed by atoms with Crippen molar-refractivity contribution in [3.05, 3.63) is 70.5 Å². The van der Waals surface area contributed by atoms with E-state index >= 15 is 0 Å². The van der Waals surface area contributed by atoms with Gasteiger partial charge in [-0.1, -0.05) is 30.3 Å². The summed E-state index contributed by atoms with van der Waals surface area (Å²) in [6.45, 7) is 3.66. The van der Waals surface area contributed by atoms with Crippen LogP contribution in [0.3, 0.4) is 0 Å². The molecule has 0 radical (unpaired) electrons. The number of nitrogens with zero attached hydrogens (tertiary/aromatic N) is 4. The average molecular weight is 401 g/mol. The van der Waals surface area contributed by atoms with Crippen molar-refractivity contribution >= 4 is 22.2 Å². The number of aliphatic hydroxyl groups excluding tert-OH is 1. The average Bonchev–Trinajstić information content (AvgIpc) is 3.03. The van der Waals surface area contributed by atoms with Crippen molar-refractivity contribution in [3.8, 4) is 6.19 Å². The second kappa shape index (κ2) is 8.39. The third kappa shape index (κ3) is 4.31. The number of pyridine rings is 1. The molecule has 3 aromatic rings. The van der Waals surface area contributed by atoms with Gasteiger partial charge in [-0.2, -0.15) is 19.0 Å². The Morgan fingerprint density at radius 3 is 2.43 bits per heavy atom. The van der Waals surface area contributed by atoms with Crippen molar-refractivity contribution in [1.82, 2.24) is 15.3 Å². The summed E-state index contributed by atoms with van der Waals surface area (Å²) < 4.78 is 26.8. The lowest BCUT2D eigenvalue weighted by Crippen LogP contribution is -2.25. The Hall–Kier alpha value is -2.93. The quantitative estimate of drug-likeness (QED) is 0.280. The van der Waals surface area contributed by atoms with Crippen LogP contribution in [0.2, 0.25) is 0 Å². The van der Waals surface area contributed by atoms with Crippen LogP contribution in [0.4, 0.5) is 19.6 Å². The van der Waals surface area contributed by atoms with Crippen LogP contribution in [-0.4, -0.2) is 15.1 Å². The van der Waals surface area contributed by atoms with Gasteiger partial charge in [0.15, 0.2) is 6.19 Å². The van der Waals surface area contributed by atoms with Gasteiger partial charge in [-0.15, -0.1) is 11.3 Å². The van der Waals surface area contributed by atoms with Crippen molar-refractivity contribution in [3.63, 3.8) is 0 Å². The number of benzene rings is 1. The number of thiazole rings is 1. The molecule has 2 N–H and O–H groups in total. The molecule has 2 heterocycles. The van der Waals surface area contributed by atoms with E-state index in [1.165, 1.54) is 0 Å². The number of nitriles is 1. The summed E-state index contributed by atoms with van der Waals surface area (Å²) in [6, 6.07) is 11.3. The molecule has 0 aliphatic heterocycles. The molecule has 0 aliphatic carbocycles. The van der Waals surface area contributed by atoms with E-state index < -0.39 is 18.1 Å². The van der Waals surface area contributed by atoms with Gasteiger partial charge in [0, 0.05) is 23.1 Å². The maximum Gasteiger partial charge on any atom is 0.217 e. The lowest BCUT2D eigenvalue weighted by molar-refractivity contribution is 0.122. The number of anilines is 2. The van der Waals surface area contributed by atoms with E-state index in [2.05, 4.69) is 15.3 Å². The number of rotatable bonds is 6. The molecule has 0 saturated heterocycles. The smallest absolute Gasteiger partial charge is 0.217 e. The number of aryl methyl sites for hydroxylation is 1. The normalized spacial score (nSPS) is 13.0. The molecule has 1 aromatic carbocycles. The maximum absolute atomic E-state index is 13.4. The van der Waals surface area contributed by atoms with Crippen LogP contribution in [0, 0.1) is 30.3 Å². The SMILES string of the molecule is Cc1sc(N(C#N)c2cc(F)nc(F)c2)nc1C(O)NC(C)c1ccccc1. The molecule has 6 nitrogen and oxygen atoms in total. The molecule has 0 saturated carbocycles. The van der Waals surface area contributed by atoms with E-state index in [0.29, 0.717) is 10.6 Å². The first-order valence-corrected chi connectivity index (χ1v) is 9.20. The number of nitrogens with one attached hydrogen (secondary N) is 1. The zero-order valence-electron chi connectivity index (χ0n) is 15.1. The van der Waals surface area contributed by atoms with Crippen LogP contribution in [-0.2, 0) is 0 Å². The van der Waals surface area contributed by atoms with Crippen molar-refractivity contribution in [2.45, 2.75) is 26.1 Å². The van der Waals surface area contributed by atoms with Crippen molar-refractivity contribution in [1.29, 1.82) is 5.26 Å². The third-order valence-electron chi connectivity index (χ3n) is 4.08. The first kappa shape index (κ1) is 19.8. The first-order chi connectivity index (χ1) is 13.4. The van der Waals surface area contributed by atoms with Crippen LogP contribution in [0.1, 0.15) is 35.3 Å².